The van der Waals surface area contributed by atoms with Gasteiger partial charge >= 0.3 is 0 Å². The molecule has 2 N–H and O–H groups in total. The summed E-state index contributed by atoms with van der Waals surface area (Å²) in [5.74, 6) is 0. The highest BCUT2D eigenvalue weighted by Crippen LogP contribution is 2.30. The first-order valence-corrected chi connectivity index (χ1v) is 9.65. The van der Waals surface area contributed by atoms with Gasteiger partial charge in [0.05, 0.1) is 9.82 Å². The van der Waals surface area contributed by atoms with Gasteiger partial charge in [-0.2, -0.15) is 0 Å². The largest absolute Gasteiger partial charge is 0.365 e. The second kappa shape index (κ2) is 7.20. The minimum atomic E-state index is -3.99. The fourth-order valence-corrected chi connectivity index (χ4v) is 3.18. The number of nitro benzene ring substituents is 1. The van der Waals surface area contributed by atoms with Crippen LogP contribution in [0.5, 0.6) is 0 Å². The Kier molecular flexibility index (Phi) is 5.47. The Hall–Kier alpha value is -2.10. The third-order valence-corrected chi connectivity index (χ3v) is 5.12. The third-order valence-electron chi connectivity index (χ3n) is 3.46. The maximum atomic E-state index is 11.4. The van der Waals surface area contributed by atoms with E-state index in [2.05, 4.69) is 0 Å². The molecule has 2 rings (SSSR count). The van der Waals surface area contributed by atoms with Crippen LogP contribution in [0.1, 0.15) is 5.56 Å². The fourth-order valence-electron chi connectivity index (χ4n) is 2.24. The van der Waals surface area contributed by atoms with Crippen LogP contribution >= 0.6 is 11.8 Å². The van der Waals surface area contributed by atoms with E-state index in [1.807, 2.05) is 30.5 Å². The van der Waals surface area contributed by atoms with Crippen LogP contribution in [0, 0.1) is 10.1 Å². The average Bonchev–Trinajstić information content (AvgIpc) is 2.54. The van der Waals surface area contributed by atoms with Crippen molar-refractivity contribution in [2.75, 3.05) is 18.2 Å². The van der Waals surface area contributed by atoms with Crippen LogP contribution in [0.3, 0.4) is 0 Å². The predicted molar refractivity (Wildman–Crippen MR) is 94.8 cm³/mol. The van der Waals surface area contributed by atoms with Crippen molar-refractivity contribution < 1.29 is 13.3 Å². The number of nitrogens with two attached hydrogens (primary N) is 1. The summed E-state index contributed by atoms with van der Waals surface area (Å²) in [5.41, 5.74) is 1.01. The summed E-state index contributed by atoms with van der Waals surface area (Å²) in [7, 11) is -2.28. The molecule has 0 unspecified atom stereocenters. The first-order valence-electron chi connectivity index (χ1n) is 6.87. The second-order valence-electron chi connectivity index (χ2n) is 5.16. The van der Waals surface area contributed by atoms with Gasteiger partial charge in [0.1, 0.15) is 5.69 Å². The van der Waals surface area contributed by atoms with Crippen LogP contribution in [-0.4, -0.2) is 26.6 Å². The molecular formula is C15H17N3O4S2. The predicted octanol–water partition coefficient (Wildman–Crippen LogP) is 2.60. The first-order chi connectivity index (χ1) is 11.2. The lowest BCUT2D eigenvalue weighted by molar-refractivity contribution is -0.384. The van der Waals surface area contributed by atoms with E-state index >= 15 is 0 Å². The van der Waals surface area contributed by atoms with Gasteiger partial charge in [0, 0.05) is 24.6 Å². The third kappa shape index (κ3) is 4.25. The highest BCUT2D eigenvalue weighted by Gasteiger charge is 2.21. The molecule has 0 spiro atoms. The highest BCUT2D eigenvalue weighted by molar-refractivity contribution is 7.98. The number of sulfonamides is 1. The molecule has 2 aromatic rings. The molecular weight excluding hydrogens is 350 g/mol. The van der Waals surface area contributed by atoms with Crippen LogP contribution in [0.25, 0.3) is 0 Å². The van der Waals surface area contributed by atoms with Gasteiger partial charge in [0.2, 0.25) is 10.0 Å². The van der Waals surface area contributed by atoms with Crippen LogP contribution < -0.4 is 10.0 Å². The Bertz CT molecular complexity index is 852. The highest BCUT2D eigenvalue weighted by atomic mass is 32.2. The Morgan fingerprint density at radius 2 is 1.83 bits per heavy atom. The minimum Gasteiger partial charge on any atom is -0.365 e. The number of benzene rings is 2. The van der Waals surface area contributed by atoms with Crippen LogP contribution in [0.15, 0.2) is 52.3 Å². The van der Waals surface area contributed by atoms with Crippen molar-refractivity contribution in [2.45, 2.75) is 16.3 Å². The van der Waals surface area contributed by atoms with E-state index in [9.17, 15) is 18.5 Å². The molecule has 9 heteroatoms. The van der Waals surface area contributed by atoms with E-state index in [0.29, 0.717) is 12.2 Å². The maximum absolute atomic E-state index is 11.4. The lowest BCUT2D eigenvalue weighted by atomic mass is 10.2. The van der Waals surface area contributed by atoms with Crippen molar-refractivity contribution in [2.24, 2.45) is 5.14 Å². The Morgan fingerprint density at radius 1 is 1.21 bits per heavy atom. The summed E-state index contributed by atoms with van der Waals surface area (Å²) in [5, 5.41) is 16.3. The summed E-state index contributed by atoms with van der Waals surface area (Å²) in [6.07, 6.45) is 1.98. The molecule has 0 heterocycles. The van der Waals surface area contributed by atoms with Gasteiger partial charge in [-0.15, -0.1) is 11.8 Å². The van der Waals surface area contributed by atoms with Crippen molar-refractivity contribution in [1.82, 2.24) is 0 Å². The van der Waals surface area contributed by atoms with E-state index in [-0.39, 0.29) is 10.6 Å². The molecule has 128 valence electrons. The van der Waals surface area contributed by atoms with Crippen LogP contribution in [-0.2, 0) is 16.6 Å². The molecule has 0 saturated heterocycles. The second-order valence-corrected chi connectivity index (χ2v) is 7.60. The standard InChI is InChI=1S/C15H17N3O4S2/c1-17(10-11-3-5-12(23-2)6-4-11)14-8-7-13(24(16,21)22)9-15(14)18(19)20/h3-9H,10H2,1-2H3,(H2,16,21,22). The van der Waals surface area contributed by atoms with Gasteiger partial charge in [0.25, 0.3) is 5.69 Å². The number of nitro groups is 1. The quantitative estimate of drug-likeness (QED) is 0.478. The molecule has 0 aliphatic carbocycles. The van der Waals surface area contributed by atoms with E-state index in [4.69, 9.17) is 5.14 Å². The first kappa shape index (κ1) is 18.2. The molecule has 24 heavy (non-hydrogen) atoms. The molecule has 0 fully saturated rings. The van der Waals surface area contributed by atoms with E-state index < -0.39 is 14.9 Å². The van der Waals surface area contributed by atoms with Gasteiger partial charge in [-0.25, -0.2) is 13.6 Å². The van der Waals surface area contributed by atoms with Gasteiger partial charge < -0.3 is 4.90 Å². The van der Waals surface area contributed by atoms with Gasteiger partial charge in [-0.05, 0) is 36.1 Å². The van der Waals surface area contributed by atoms with Crippen molar-refractivity contribution in [3.63, 3.8) is 0 Å². The monoisotopic (exact) mass is 367 g/mol. The minimum absolute atomic E-state index is 0.282. The number of hydrogen-bond acceptors (Lipinski definition) is 6. The zero-order valence-electron chi connectivity index (χ0n) is 13.2. The smallest absolute Gasteiger partial charge is 0.293 e. The van der Waals surface area contributed by atoms with E-state index in [1.54, 1.807) is 23.7 Å². The van der Waals surface area contributed by atoms with Gasteiger partial charge in [-0.3, -0.25) is 10.1 Å². The van der Waals surface area contributed by atoms with Crippen molar-refractivity contribution in [1.29, 1.82) is 0 Å². The number of primary sulfonamides is 1. The van der Waals surface area contributed by atoms with Gasteiger partial charge in [-0.1, -0.05) is 12.1 Å². The topological polar surface area (TPSA) is 107 Å². The maximum Gasteiger partial charge on any atom is 0.293 e. The molecule has 0 radical (unpaired) electrons. The normalized spacial score (nSPS) is 11.3. The van der Waals surface area contributed by atoms with Gasteiger partial charge in [0.15, 0.2) is 0 Å². The lowest BCUT2D eigenvalue weighted by Gasteiger charge is -2.19. The van der Waals surface area contributed by atoms with Crippen molar-refractivity contribution in [3.05, 3.63) is 58.1 Å². The number of rotatable bonds is 6. The summed E-state index contributed by atoms with van der Waals surface area (Å²) >= 11 is 1.63. The van der Waals surface area contributed by atoms with Crippen LogP contribution in [0.4, 0.5) is 11.4 Å². The zero-order chi connectivity index (χ0) is 17.9. The summed E-state index contributed by atoms with van der Waals surface area (Å²) in [4.78, 5) is 13.2. The Labute approximate surface area is 144 Å². The molecule has 0 saturated carbocycles. The summed E-state index contributed by atoms with van der Waals surface area (Å²) < 4.78 is 22.8. The van der Waals surface area contributed by atoms with E-state index in [0.717, 1.165) is 16.5 Å². The molecule has 2 aromatic carbocycles. The number of thioether (sulfide) groups is 1. The number of nitrogens with zero attached hydrogens (tertiary/aromatic N) is 2. The average molecular weight is 367 g/mol. The molecule has 7 nitrogen and oxygen atoms in total. The number of hydrogen-bond donors (Lipinski definition) is 1. The Morgan fingerprint density at radius 3 is 2.33 bits per heavy atom. The summed E-state index contributed by atoms with van der Waals surface area (Å²) in [6, 6.07) is 11.5. The molecule has 0 bridgehead atoms. The fraction of sp³-hybridized carbons (Fsp3) is 0.200. The van der Waals surface area contributed by atoms with Crippen molar-refractivity contribution >= 4 is 33.2 Å². The molecule has 0 aromatic heterocycles. The molecule has 0 atom stereocenters. The molecule has 0 aliphatic rings. The lowest BCUT2D eigenvalue weighted by Crippen LogP contribution is -2.19. The summed E-state index contributed by atoms with van der Waals surface area (Å²) in [6.45, 7) is 0.449. The van der Waals surface area contributed by atoms with Crippen molar-refractivity contribution in [3.8, 4) is 0 Å². The van der Waals surface area contributed by atoms with E-state index in [1.165, 1.54) is 12.1 Å². The molecule has 0 amide bonds. The molecule has 0 aliphatic heterocycles. The van der Waals surface area contributed by atoms with Crippen LogP contribution in [0.2, 0.25) is 0 Å². The number of anilines is 1. The zero-order valence-corrected chi connectivity index (χ0v) is 14.8. The SMILES string of the molecule is CSc1ccc(CN(C)c2ccc(S(N)(=O)=O)cc2[N+](=O)[O-])cc1. The Balaban J connectivity index is 2.33.